The van der Waals surface area contributed by atoms with Crippen LogP contribution in [0.4, 0.5) is 14.5 Å². The third-order valence-corrected chi connectivity index (χ3v) is 3.56. The maximum absolute atomic E-state index is 13.8. The number of amides is 2. The van der Waals surface area contributed by atoms with E-state index in [0.717, 1.165) is 6.07 Å². The summed E-state index contributed by atoms with van der Waals surface area (Å²) in [4.78, 5) is 27.2. The van der Waals surface area contributed by atoms with Crippen LogP contribution in [0.15, 0.2) is 12.1 Å². The molecule has 0 aliphatic carbocycles. The molecule has 1 atom stereocenters. The Hall–Kier alpha value is -2.18. The van der Waals surface area contributed by atoms with Gasteiger partial charge in [-0.1, -0.05) is 0 Å². The van der Waals surface area contributed by atoms with Crippen molar-refractivity contribution in [1.29, 1.82) is 0 Å². The van der Waals surface area contributed by atoms with Crippen molar-refractivity contribution >= 4 is 17.5 Å². The van der Waals surface area contributed by atoms with Crippen molar-refractivity contribution < 1.29 is 18.4 Å². The van der Waals surface area contributed by atoms with Gasteiger partial charge in [-0.05, 0) is 18.9 Å². The van der Waals surface area contributed by atoms with Gasteiger partial charge in [0.25, 0.3) is 5.91 Å². The summed E-state index contributed by atoms with van der Waals surface area (Å²) in [7, 11) is 3.19. The van der Waals surface area contributed by atoms with Crippen molar-refractivity contribution in [2.75, 3.05) is 26.4 Å². The first-order valence-corrected chi connectivity index (χ1v) is 6.59. The normalized spacial score (nSPS) is 17.9. The second-order valence-corrected chi connectivity index (χ2v) is 5.24. The van der Waals surface area contributed by atoms with Gasteiger partial charge in [-0.3, -0.25) is 9.59 Å². The molecule has 114 valence electrons. The van der Waals surface area contributed by atoms with Crippen LogP contribution in [0.2, 0.25) is 0 Å². The number of likely N-dealkylation sites (tertiary alicyclic amines) is 1. The molecule has 0 aromatic heterocycles. The van der Waals surface area contributed by atoms with Crippen LogP contribution in [0.1, 0.15) is 23.2 Å². The summed E-state index contributed by atoms with van der Waals surface area (Å²) < 4.78 is 26.9. The van der Waals surface area contributed by atoms with E-state index in [9.17, 15) is 18.4 Å². The fourth-order valence-electron chi connectivity index (χ4n) is 2.45. The van der Waals surface area contributed by atoms with Crippen LogP contribution in [-0.2, 0) is 4.79 Å². The van der Waals surface area contributed by atoms with E-state index in [1.807, 2.05) is 0 Å². The Bertz CT molecular complexity index is 590. The molecule has 5 nitrogen and oxygen atoms in total. The zero-order chi connectivity index (χ0) is 15.7. The number of nitrogens with zero attached hydrogens (tertiary/aromatic N) is 2. The predicted octanol–water partition coefficient (Wildman–Crippen LogP) is 1.24. The van der Waals surface area contributed by atoms with Gasteiger partial charge in [-0.15, -0.1) is 0 Å². The lowest BCUT2D eigenvalue weighted by atomic mass is 10.1. The highest BCUT2D eigenvalue weighted by Crippen LogP contribution is 2.24. The lowest BCUT2D eigenvalue weighted by Gasteiger charge is -2.26. The zero-order valence-corrected chi connectivity index (χ0v) is 11.9. The Morgan fingerprint density at radius 3 is 2.57 bits per heavy atom. The highest BCUT2D eigenvalue weighted by Gasteiger charge is 2.36. The highest BCUT2D eigenvalue weighted by atomic mass is 19.1. The molecule has 2 rings (SSSR count). The number of anilines is 1. The summed E-state index contributed by atoms with van der Waals surface area (Å²) in [5, 5.41) is 0. The summed E-state index contributed by atoms with van der Waals surface area (Å²) in [5.41, 5.74) is 4.77. The molecule has 1 aromatic carbocycles. The summed E-state index contributed by atoms with van der Waals surface area (Å²) in [5.74, 6) is -2.74. The number of nitrogens with two attached hydrogens (primary N) is 1. The van der Waals surface area contributed by atoms with Gasteiger partial charge in [0.1, 0.15) is 17.7 Å². The van der Waals surface area contributed by atoms with E-state index in [2.05, 4.69) is 0 Å². The third kappa shape index (κ3) is 2.81. The second kappa shape index (κ2) is 5.67. The monoisotopic (exact) mass is 297 g/mol. The van der Waals surface area contributed by atoms with Gasteiger partial charge in [0.15, 0.2) is 0 Å². The molecule has 1 fully saturated rings. The molecule has 1 aromatic rings. The van der Waals surface area contributed by atoms with Crippen molar-refractivity contribution in [1.82, 2.24) is 9.80 Å². The number of benzene rings is 1. The van der Waals surface area contributed by atoms with E-state index in [1.165, 1.54) is 9.80 Å². The lowest BCUT2D eigenvalue weighted by molar-refractivity contribution is -0.132. The summed E-state index contributed by atoms with van der Waals surface area (Å²) in [6.45, 7) is 0.361. The minimum absolute atomic E-state index is 0.212. The van der Waals surface area contributed by atoms with Crippen molar-refractivity contribution in [2.45, 2.75) is 18.9 Å². The highest BCUT2D eigenvalue weighted by molar-refractivity contribution is 5.98. The molecule has 7 heteroatoms. The van der Waals surface area contributed by atoms with Crippen LogP contribution in [0.5, 0.6) is 0 Å². The Morgan fingerprint density at radius 1 is 1.29 bits per heavy atom. The standard InChI is InChI=1S/C14H17F2N3O2/c1-18(2)14(21)12-4-3-5-19(12)13(20)8-6-11(17)10(16)7-9(8)15/h6-7,12H,3-5,17H2,1-2H3. The van der Waals surface area contributed by atoms with Crippen LogP contribution in [-0.4, -0.2) is 48.3 Å². The zero-order valence-electron chi connectivity index (χ0n) is 11.9. The first kappa shape index (κ1) is 15.2. The van der Waals surface area contributed by atoms with Gasteiger partial charge < -0.3 is 15.5 Å². The molecule has 0 radical (unpaired) electrons. The minimum Gasteiger partial charge on any atom is -0.396 e. The molecule has 1 aliphatic rings. The van der Waals surface area contributed by atoms with Gasteiger partial charge >= 0.3 is 0 Å². The SMILES string of the molecule is CN(C)C(=O)C1CCCN1C(=O)c1cc(N)c(F)cc1F. The molecular weight excluding hydrogens is 280 g/mol. The van der Waals surface area contributed by atoms with E-state index in [4.69, 9.17) is 5.73 Å². The average molecular weight is 297 g/mol. The Morgan fingerprint density at radius 2 is 1.95 bits per heavy atom. The third-order valence-electron chi connectivity index (χ3n) is 3.56. The van der Waals surface area contributed by atoms with E-state index in [-0.39, 0.29) is 17.2 Å². The largest absolute Gasteiger partial charge is 0.396 e. The maximum atomic E-state index is 13.8. The molecule has 0 bridgehead atoms. The molecule has 2 amide bonds. The van der Waals surface area contributed by atoms with Crippen molar-refractivity contribution in [2.24, 2.45) is 0 Å². The lowest BCUT2D eigenvalue weighted by Crippen LogP contribution is -2.45. The first-order valence-electron chi connectivity index (χ1n) is 6.59. The van der Waals surface area contributed by atoms with Crippen LogP contribution in [0, 0.1) is 11.6 Å². The number of hydrogen-bond acceptors (Lipinski definition) is 3. The van der Waals surface area contributed by atoms with Crippen molar-refractivity contribution in [3.63, 3.8) is 0 Å². The molecule has 1 aliphatic heterocycles. The topological polar surface area (TPSA) is 66.6 Å². The van der Waals surface area contributed by atoms with Gasteiger partial charge in [-0.2, -0.15) is 0 Å². The van der Waals surface area contributed by atoms with Crippen molar-refractivity contribution in [3.05, 3.63) is 29.3 Å². The number of carbonyl (C=O) groups is 2. The molecular formula is C14H17F2N3O2. The average Bonchev–Trinajstić information content (AvgIpc) is 2.90. The van der Waals surface area contributed by atoms with Crippen LogP contribution < -0.4 is 5.73 Å². The molecule has 21 heavy (non-hydrogen) atoms. The number of rotatable bonds is 2. The maximum Gasteiger partial charge on any atom is 0.257 e. The number of hydrogen-bond donors (Lipinski definition) is 1. The summed E-state index contributed by atoms with van der Waals surface area (Å²) >= 11 is 0. The van der Waals surface area contributed by atoms with Crippen LogP contribution >= 0.6 is 0 Å². The summed E-state index contributed by atoms with van der Waals surface area (Å²) in [6, 6.07) is 0.947. The molecule has 0 spiro atoms. The van der Waals surface area contributed by atoms with Crippen LogP contribution in [0.3, 0.4) is 0 Å². The first-order chi connectivity index (χ1) is 9.82. The number of likely N-dealkylation sites (N-methyl/N-ethyl adjacent to an activating group) is 1. The molecule has 1 unspecified atom stereocenters. The number of carbonyl (C=O) groups excluding carboxylic acids is 2. The Balaban J connectivity index is 2.31. The Labute approximate surface area is 121 Å². The van der Waals surface area contributed by atoms with E-state index in [1.54, 1.807) is 14.1 Å². The van der Waals surface area contributed by atoms with E-state index >= 15 is 0 Å². The quantitative estimate of drug-likeness (QED) is 0.835. The number of halogens is 2. The minimum atomic E-state index is -0.977. The molecule has 0 saturated carbocycles. The molecule has 2 N–H and O–H groups in total. The Kier molecular flexibility index (Phi) is 4.11. The van der Waals surface area contributed by atoms with Crippen molar-refractivity contribution in [3.8, 4) is 0 Å². The fourth-order valence-corrected chi connectivity index (χ4v) is 2.45. The number of nitrogen functional groups attached to an aromatic ring is 1. The molecule has 1 heterocycles. The van der Waals surface area contributed by atoms with Crippen LogP contribution in [0.25, 0.3) is 0 Å². The van der Waals surface area contributed by atoms with E-state index in [0.29, 0.717) is 25.5 Å². The van der Waals surface area contributed by atoms with Gasteiger partial charge in [-0.25, -0.2) is 8.78 Å². The van der Waals surface area contributed by atoms with Gasteiger partial charge in [0, 0.05) is 26.7 Å². The predicted molar refractivity (Wildman–Crippen MR) is 73.5 cm³/mol. The van der Waals surface area contributed by atoms with Gasteiger partial charge in [0.05, 0.1) is 11.3 Å². The van der Waals surface area contributed by atoms with Gasteiger partial charge in [0.2, 0.25) is 5.91 Å². The molecule has 1 saturated heterocycles. The fraction of sp³-hybridized carbons (Fsp3) is 0.429. The smallest absolute Gasteiger partial charge is 0.257 e. The van der Waals surface area contributed by atoms with E-state index < -0.39 is 23.6 Å². The summed E-state index contributed by atoms with van der Waals surface area (Å²) in [6.07, 6.45) is 1.19. The second-order valence-electron chi connectivity index (χ2n) is 5.24.